The molecule has 0 aliphatic carbocycles. The second kappa shape index (κ2) is 13.4. The lowest BCUT2D eigenvalue weighted by Crippen LogP contribution is -2.49. The van der Waals surface area contributed by atoms with E-state index < -0.39 is 5.79 Å². The molecule has 33 heavy (non-hydrogen) atoms. The lowest BCUT2D eigenvalue weighted by molar-refractivity contribution is -0.197. The highest BCUT2D eigenvalue weighted by Gasteiger charge is 2.49. The summed E-state index contributed by atoms with van der Waals surface area (Å²) in [6.07, 6.45) is 5.86. The number of hydrogen-bond acceptors (Lipinski definition) is 7. The number of likely N-dealkylation sites (N-methyl/N-ethyl adjacent to an activating group) is 1. The van der Waals surface area contributed by atoms with E-state index in [4.69, 9.17) is 14.3 Å². The molecule has 1 fully saturated rings. The number of aromatic nitrogens is 2. The van der Waals surface area contributed by atoms with Crippen molar-refractivity contribution >= 4 is 33.9 Å². The number of carbonyl (C=O) groups is 2. The molecule has 1 saturated heterocycles. The second-order valence-corrected chi connectivity index (χ2v) is 8.85. The Kier molecular flexibility index (Phi) is 11.7. The first-order valence-corrected chi connectivity index (χ1v) is 11.2. The number of methoxy groups -OCH3 is 3. The van der Waals surface area contributed by atoms with E-state index in [2.05, 4.69) is 49.1 Å². The van der Waals surface area contributed by atoms with E-state index in [9.17, 15) is 4.79 Å². The molecule has 9 nitrogen and oxygen atoms in total. The van der Waals surface area contributed by atoms with Gasteiger partial charge in [0.15, 0.2) is 5.79 Å². The summed E-state index contributed by atoms with van der Waals surface area (Å²) in [6, 6.07) is -0.604. The van der Waals surface area contributed by atoms with Gasteiger partial charge in [0, 0.05) is 25.1 Å². The van der Waals surface area contributed by atoms with Gasteiger partial charge in [0.1, 0.15) is 5.82 Å². The Morgan fingerprint density at radius 2 is 1.94 bits per heavy atom. The van der Waals surface area contributed by atoms with Crippen LogP contribution in [0.4, 0.5) is 0 Å². The number of likely N-dealkylation sites (tertiary alicyclic amines) is 1. The summed E-state index contributed by atoms with van der Waals surface area (Å²) in [5, 5.41) is 3.12. The van der Waals surface area contributed by atoms with Crippen molar-refractivity contribution in [2.45, 2.75) is 38.1 Å². The fourth-order valence-electron chi connectivity index (χ4n) is 3.56. The molecule has 184 valence electrons. The average molecular weight is 527 g/mol. The minimum Gasteiger partial charge on any atom is -0.471 e. The van der Waals surface area contributed by atoms with Crippen LogP contribution < -0.4 is 5.32 Å². The van der Waals surface area contributed by atoms with Crippen molar-refractivity contribution in [3.8, 4) is 0 Å². The van der Waals surface area contributed by atoms with Gasteiger partial charge in [-0.1, -0.05) is 49.0 Å². The third-order valence-electron chi connectivity index (χ3n) is 5.38. The van der Waals surface area contributed by atoms with E-state index in [1.54, 1.807) is 32.4 Å². The number of H-pyrrole nitrogens is 1. The van der Waals surface area contributed by atoms with Crippen LogP contribution in [-0.2, 0) is 23.8 Å². The van der Waals surface area contributed by atoms with E-state index >= 15 is 0 Å². The van der Waals surface area contributed by atoms with E-state index in [1.165, 1.54) is 7.11 Å². The largest absolute Gasteiger partial charge is 0.471 e. The highest BCUT2D eigenvalue weighted by Crippen LogP contribution is 2.40. The molecule has 2 N–H and O–H groups in total. The van der Waals surface area contributed by atoms with Crippen molar-refractivity contribution in [3.63, 3.8) is 0 Å². The highest BCUT2D eigenvalue weighted by molar-refractivity contribution is 9.11. The second-order valence-electron chi connectivity index (χ2n) is 7.83. The quantitative estimate of drug-likeness (QED) is 0.274. The third kappa shape index (κ3) is 7.63. The van der Waals surface area contributed by atoms with E-state index in [-0.39, 0.29) is 23.9 Å². The van der Waals surface area contributed by atoms with Crippen LogP contribution in [0.3, 0.4) is 0 Å². The summed E-state index contributed by atoms with van der Waals surface area (Å²) in [6.45, 7) is 12.6. The predicted octanol–water partition coefficient (Wildman–Crippen LogP) is 3.18. The number of hydrogen-bond donors (Lipinski definition) is 2. The van der Waals surface area contributed by atoms with E-state index in [0.717, 1.165) is 15.7 Å². The molecule has 1 aromatic heterocycles. The van der Waals surface area contributed by atoms with Gasteiger partial charge < -0.3 is 29.4 Å². The molecule has 10 heteroatoms. The average Bonchev–Trinajstić information content (AvgIpc) is 3.43. The number of imidazole rings is 1. The van der Waals surface area contributed by atoms with Gasteiger partial charge in [-0.15, -0.1) is 0 Å². The smallest absolute Gasteiger partial charge is 0.292 e. The number of rotatable bonds is 10. The number of aromatic amines is 1. The Labute approximate surface area is 204 Å². The van der Waals surface area contributed by atoms with Crippen molar-refractivity contribution in [1.29, 1.82) is 0 Å². The normalized spacial score (nSPS) is 18.1. The van der Waals surface area contributed by atoms with Crippen molar-refractivity contribution in [1.82, 2.24) is 20.2 Å². The van der Waals surface area contributed by atoms with Crippen molar-refractivity contribution in [2.24, 2.45) is 5.92 Å². The molecule has 2 rings (SSSR count). The Morgan fingerprint density at radius 3 is 2.39 bits per heavy atom. The molecule has 0 spiro atoms. The van der Waals surface area contributed by atoms with Crippen LogP contribution in [0, 0.1) is 5.92 Å². The topological polar surface area (TPSA) is 106 Å². The van der Waals surface area contributed by atoms with E-state index in [1.807, 2.05) is 26.0 Å². The third-order valence-corrected chi connectivity index (χ3v) is 5.65. The van der Waals surface area contributed by atoms with Gasteiger partial charge in [-0.05, 0) is 24.6 Å². The standard InChI is InChI=1S/C21H31BrN4O3.C2H4O2/c1-13(2)18(23-5)20(27)26-12-21(28-6,29-7)10-17(26)19-24-11-16(25-19)14(3)8-9-15(4)22;1-4-2-3/h8-9,11,13,17-18,23H,3-4,10,12H2,1-2,5-7H3,(H,24,25);2H,1H3/b9-8-;. The summed E-state index contributed by atoms with van der Waals surface area (Å²) in [4.78, 5) is 31.9. The maximum absolute atomic E-state index is 13.3. The van der Waals surface area contributed by atoms with Crippen LogP contribution in [0.15, 0.2) is 36.0 Å². The molecule has 0 saturated carbocycles. The molecule has 1 aliphatic heterocycles. The molecule has 0 bridgehead atoms. The van der Waals surface area contributed by atoms with Gasteiger partial charge in [-0.25, -0.2) is 4.98 Å². The molecule has 0 aromatic carbocycles. The molecule has 1 aliphatic rings. The predicted molar refractivity (Wildman–Crippen MR) is 131 cm³/mol. The first-order valence-electron chi connectivity index (χ1n) is 10.4. The maximum Gasteiger partial charge on any atom is 0.292 e. The SMILES string of the molecule is C=C(Br)/C=C\C(=C)c1cnc(C2CC(OC)(OC)CN2C(=O)C(NC)C(C)C)[nH]1.COC=O. The number of nitrogens with zero attached hydrogens (tertiary/aromatic N) is 2. The molecule has 1 aromatic rings. The van der Waals surface area contributed by atoms with Gasteiger partial charge in [0.2, 0.25) is 5.91 Å². The van der Waals surface area contributed by atoms with Gasteiger partial charge in [-0.3, -0.25) is 9.59 Å². The molecule has 0 radical (unpaired) electrons. The van der Waals surface area contributed by atoms with Crippen molar-refractivity contribution in [2.75, 3.05) is 34.9 Å². The lowest BCUT2D eigenvalue weighted by atomic mass is 10.0. The Bertz CT molecular complexity index is 848. The monoisotopic (exact) mass is 526 g/mol. The highest BCUT2D eigenvalue weighted by atomic mass is 79.9. The molecule has 1 amide bonds. The number of amides is 1. The number of nitrogens with one attached hydrogen (secondary N) is 2. The van der Waals surface area contributed by atoms with Gasteiger partial charge in [0.25, 0.3) is 6.47 Å². The van der Waals surface area contributed by atoms with Crippen LogP contribution >= 0.6 is 15.9 Å². The molecular weight excluding hydrogens is 492 g/mol. The van der Waals surface area contributed by atoms with Gasteiger partial charge >= 0.3 is 0 Å². The summed E-state index contributed by atoms with van der Waals surface area (Å²) in [7, 11) is 6.30. The zero-order valence-electron chi connectivity index (χ0n) is 20.2. The summed E-state index contributed by atoms with van der Waals surface area (Å²) < 4.78 is 15.9. The van der Waals surface area contributed by atoms with Crippen molar-refractivity contribution in [3.05, 3.63) is 47.5 Å². The van der Waals surface area contributed by atoms with Crippen molar-refractivity contribution < 1.29 is 23.8 Å². The van der Waals surface area contributed by atoms with E-state index in [0.29, 0.717) is 25.3 Å². The number of halogens is 1. The molecular formula is C23H35BrN4O5. The minimum absolute atomic E-state index is 0.00395. The van der Waals surface area contributed by atoms with Crippen LogP contribution in [0.25, 0.3) is 5.57 Å². The van der Waals surface area contributed by atoms with Crippen LogP contribution in [0.5, 0.6) is 0 Å². The number of allylic oxidation sites excluding steroid dienone is 4. The zero-order chi connectivity index (χ0) is 25.2. The Morgan fingerprint density at radius 1 is 1.33 bits per heavy atom. The Balaban J connectivity index is 0.00000125. The van der Waals surface area contributed by atoms with Crippen LogP contribution in [0.2, 0.25) is 0 Å². The number of carbonyl (C=O) groups excluding carboxylic acids is 2. The van der Waals surface area contributed by atoms with Crippen LogP contribution in [0.1, 0.15) is 37.8 Å². The first-order chi connectivity index (χ1) is 15.6. The van der Waals surface area contributed by atoms with Crippen LogP contribution in [-0.4, -0.2) is 74.0 Å². The lowest BCUT2D eigenvalue weighted by Gasteiger charge is -2.30. The Hall–Kier alpha value is -2.27. The summed E-state index contributed by atoms with van der Waals surface area (Å²) in [5.74, 6) is -0.0544. The van der Waals surface area contributed by atoms with Gasteiger partial charge in [0.05, 0.1) is 37.6 Å². The maximum atomic E-state index is 13.3. The summed E-state index contributed by atoms with van der Waals surface area (Å²) >= 11 is 3.29. The summed E-state index contributed by atoms with van der Waals surface area (Å²) in [5.41, 5.74) is 1.54. The fraction of sp³-hybridized carbons (Fsp3) is 0.522. The van der Waals surface area contributed by atoms with Gasteiger partial charge in [-0.2, -0.15) is 0 Å². The molecule has 2 unspecified atom stereocenters. The molecule has 2 heterocycles. The zero-order valence-corrected chi connectivity index (χ0v) is 21.8. The minimum atomic E-state index is -0.868. The number of ether oxygens (including phenoxy) is 3. The first kappa shape index (κ1) is 28.8. The fourth-order valence-corrected chi connectivity index (χ4v) is 3.70. The molecule has 2 atom stereocenters.